The Labute approximate surface area is 263 Å². The van der Waals surface area contributed by atoms with Gasteiger partial charge < -0.3 is 28.9 Å². The molecule has 10 heteroatoms. The molecule has 2 atom stereocenters. The number of aromatic nitrogens is 3. The van der Waals surface area contributed by atoms with Gasteiger partial charge in [0.1, 0.15) is 18.2 Å². The van der Waals surface area contributed by atoms with Gasteiger partial charge in [0.15, 0.2) is 6.79 Å². The van der Waals surface area contributed by atoms with E-state index in [9.17, 15) is 0 Å². The number of anilines is 2. The van der Waals surface area contributed by atoms with Crippen LogP contribution in [0.5, 0.6) is 11.8 Å². The molecular formula is C34H39ClN6O3. The van der Waals surface area contributed by atoms with Crippen LogP contribution >= 0.6 is 11.6 Å². The number of benzene rings is 2. The quantitative estimate of drug-likeness (QED) is 0.234. The van der Waals surface area contributed by atoms with Crippen LogP contribution in [0, 0.1) is 0 Å². The Morgan fingerprint density at radius 3 is 2.80 bits per heavy atom. The predicted molar refractivity (Wildman–Crippen MR) is 173 cm³/mol. The monoisotopic (exact) mass is 614 g/mol. The van der Waals surface area contributed by atoms with Crippen LogP contribution in [0.15, 0.2) is 48.8 Å². The summed E-state index contributed by atoms with van der Waals surface area (Å²) in [7, 11) is 3.79. The van der Waals surface area contributed by atoms with Crippen LogP contribution in [-0.4, -0.2) is 72.6 Å². The van der Waals surface area contributed by atoms with E-state index in [0.717, 1.165) is 72.6 Å². The molecule has 9 nitrogen and oxygen atoms in total. The third kappa shape index (κ3) is 5.64. The van der Waals surface area contributed by atoms with E-state index in [1.807, 2.05) is 30.6 Å². The first-order valence-corrected chi connectivity index (χ1v) is 15.9. The molecule has 3 aliphatic heterocycles. The second-order valence-corrected chi connectivity index (χ2v) is 12.6. The summed E-state index contributed by atoms with van der Waals surface area (Å²) in [6, 6.07) is 13.3. The normalized spacial score (nSPS) is 20.1. The Hall–Kier alpha value is -3.66. The number of fused-ring (bicyclic) bond motifs is 3. The largest absolute Gasteiger partial charge is 0.467 e. The topological polar surface area (TPSA) is 76.1 Å². The summed E-state index contributed by atoms with van der Waals surface area (Å²) in [6.45, 7) is 6.33. The van der Waals surface area contributed by atoms with Gasteiger partial charge in [-0.3, -0.25) is 4.98 Å². The second kappa shape index (κ2) is 12.4. The zero-order chi connectivity index (χ0) is 30.2. The maximum atomic E-state index is 6.81. The van der Waals surface area contributed by atoms with E-state index in [0.29, 0.717) is 30.2 Å². The Morgan fingerprint density at radius 1 is 1.05 bits per heavy atom. The molecule has 0 saturated carbocycles. The molecule has 0 aliphatic carbocycles. The number of hydrogen-bond acceptors (Lipinski definition) is 9. The van der Waals surface area contributed by atoms with Crippen molar-refractivity contribution in [1.29, 1.82) is 0 Å². The minimum Gasteiger partial charge on any atom is -0.467 e. The number of methoxy groups -OCH3 is 1. The molecule has 5 heterocycles. The maximum absolute atomic E-state index is 6.81. The highest BCUT2D eigenvalue weighted by atomic mass is 35.5. The Balaban J connectivity index is 1.27. The fourth-order valence-corrected chi connectivity index (χ4v) is 7.17. The van der Waals surface area contributed by atoms with Gasteiger partial charge in [0.2, 0.25) is 0 Å². The maximum Gasteiger partial charge on any atom is 0.318 e. The Morgan fingerprint density at radius 2 is 1.95 bits per heavy atom. The summed E-state index contributed by atoms with van der Waals surface area (Å²) in [5.74, 6) is 1.73. The van der Waals surface area contributed by atoms with E-state index >= 15 is 0 Å². The summed E-state index contributed by atoms with van der Waals surface area (Å²) in [4.78, 5) is 21.7. The van der Waals surface area contributed by atoms with Crippen LogP contribution in [0.3, 0.4) is 0 Å². The number of ether oxygens (including phenoxy) is 3. The molecule has 1 fully saturated rings. The first kappa shape index (κ1) is 29.1. The van der Waals surface area contributed by atoms with E-state index in [2.05, 4.69) is 51.9 Å². The molecule has 4 aromatic rings. The third-order valence-corrected chi connectivity index (χ3v) is 9.64. The van der Waals surface area contributed by atoms with E-state index in [-0.39, 0.29) is 12.8 Å². The van der Waals surface area contributed by atoms with Crippen LogP contribution in [0.4, 0.5) is 11.5 Å². The van der Waals surface area contributed by atoms with Gasteiger partial charge in [0, 0.05) is 61.7 Å². The molecule has 230 valence electrons. The van der Waals surface area contributed by atoms with Gasteiger partial charge in [0.25, 0.3) is 0 Å². The highest BCUT2D eigenvalue weighted by molar-refractivity contribution is 6.36. The van der Waals surface area contributed by atoms with Crippen molar-refractivity contribution in [3.05, 3.63) is 76.2 Å². The fraction of sp³-hybridized carbons (Fsp3) is 0.441. The number of rotatable bonds is 8. The van der Waals surface area contributed by atoms with Crippen molar-refractivity contribution in [2.45, 2.75) is 57.8 Å². The number of likely N-dealkylation sites (N-methyl/N-ethyl adjacent to an activating group) is 1. The second-order valence-electron chi connectivity index (χ2n) is 12.2. The summed E-state index contributed by atoms with van der Waals surface area (Å²) in [6.07, 6.45) is 7.94. The Kier molecular flexibility index (Phi) is 8.18. The number of pyridine rings is 1. The van der Waals surface area contributed by atoms with Crippen molar-refractivity contribution in [3.63, 3.8) is 0 Å². The van der Waals surface area contributed by atoms with Gasteiger partial charge in [-0.2, -0.15) is 9.97 Å². The lowest BCUT2D eigenvalue weighted by molar-refractivity contribution is 0.0512. The van der Waals surface area contributed by atoms with Crippen LogP contribution in [-0.2, 0) is 30.7 Å². The van der Waals surface area contributed by atoms with Crippen LogP contribution in [0.25, 0.3) is 10.8 Å². The van der Waals surface area contributed by atoms with Gasteiger partial charge in [0.05, 0.1) is 22.9 Å². The molecule has 0 bridgehead atoms. The first-order chi connectivity index (χ1) is 21.5. The van der Waals surface area contributed by atoms with Crippen molar-refractivity contribution in [2.24, 2.45) is 0 Å². The van der Waals surface area contributed by atoms with Gasteiger partial charge in [-0.1, -0.05) is 23.7 Å². The van der Waals surface area contributed by atoms with Crippen LogP contribution < -0.4 is 19.3 Å². The molecule has 2 aromatic carbocycles. The average Bonchev–Trinajstić information content (AvgIpc) is 3.45. The number of nitrogens with zero attached hydrogens (tertiary/aromatic N) is 6. The molecule has 44 heavy (non-hydrogen) atoms. The molecule has 7 rings (SSSR count). The van der Waals surface area contributed by atoms with Crippen molar-refractivity contribution in [3.8, 4) is 11.8 Å². The van der Waals surface area contributed by atoms with E-state index < -0.39 is 0 Å². The molecule has 2 aromatic heterocycles. The molecule has 3 aliphatic rings. The van der Waals surface area contributed by atoms with Gasteiger partial charge >= 0.3 is 6.01 Å². The molecular weight excluding hydrogens is 576 g/mol. The van der Waals surface area contributed by atoms with Crippen molar-refractivity contribution >= 4 is 33.9 Å². The lowest BCUT2D eigenvalue weighted by Gasteiger charge is -2.39. The minimum absolute atomic E-state index is 0.176. The summed E-state index contributed by atoms with van der Waals surface area (Å²) in [5, 5.41) is 2.74. The van der Waals surface area contributed by atoms with E-state index in [1.54, 1.807) is 7.11 Å². The first-order valence-electron chi connectivity index (χ1n) is 15.5. The number of halogens is 1. The van der Waals surface area contributed by atoms with Crippen molar-refractivity contribution in [2.75, 3.05) is 50.4 Å². The molecule has 0 spiro atoms. The van der Waals surface area contributed by atoms with Gasteiger partial charge in [-0.15, -0.1) is 0 Å². The predicted octanol–water partition coefficient (Wildman–Crippen LogP) is 5.65. The van der Waals surface area contributed by atoms with Crippen molar-refractivity contribution in [1.82, 2.24) is 19.9 Å². The van der Waals surface area contributed by atoms with Gasteiger partial charge in [-0.25, -0.2) is 0 Å². The number of likely N-dealkylation sites (tertiary alicyclic amines) is 1. The summed E-state index contributed by atoms with van der Waals surface area (Å²) in [5.41, 5.74) is 5.82. The molecule has 0 N–H and O–H groups in total. The fourth-order valence-electron chi connectivity index (χ4n) is 6.90. The standard InChI is InChI=1S/C34H39ClN6O3/c1-22-14-25-17-36-11-9-24(25)18-41(22)33-28-10-13-40(19-30(28)37-34(38-33)43-20-26-7-5-12-39(26)2)31-16-27(44-21-42-3)15-23-6-4-8-29(35)32(23)31/h4,6,8-9,11,15-17,22,26H,5,7,10,12-14,18-21H2,1-3H3/t22?,26-/m0/s1. The van der Waals surface area contributed by atoms with Crippen molar-refractivity contribution < 1.29 is 14.2 Å². The zero-order valence-corrected chi connectivity index (χ0v) is 26.4. The summed E-state index contributed by atoms with van der Waals surface area (Å²) >= 11 is 6.81. The number of hydrogen-bond donors (Lipinski definition) is 0. The highest BCUT2D eigenvalue weighted by Gasteiger charge is 2.32. The van der Waals surface area contributed by atoms with E-state index in [4.69, 9.17) is 35.8 Å². The van der Waals surface area contributed by atoms with Crippen LogP contribution in [0.2, 0.25) is 5.02 Å². The van der Waals surface area contributed by atoms with Gasteiger partial charge in [-0.05, 0) is 80.9 Å². The Bertz CT molecular complexity index is 1670. The smallest absolute Gasteiger partial charge is 0.318 e. The lowest BCUT2D eigenvalue weighted by Crippen LogP contribution is -2.41. The lowest BCUT2D eigenvalue weighted by atomic mass is 9.95. The van der Waals surface area contributed by atoms with E-state index in [1.165, 1.54) is 23.1 Å². The zero-order valence-electron chi connectivity index (χ0n) is 25.6. The molecule has 1 unspecified atom stereocenters. The van der Waals surface area contributed by atoms with Crippen LogP contribution in [0.1, 0.15) is 42.1 Å². The SMILES string of the molecule is COCOc1cc(N2CCc3c(nc(OC[C@@H]4CCCN4C)nc3N3Cc4ccncc4CC3C)C2)c2c(Cl)cccc2c1. The molecule has 0 amide bonds. The average molecular weight is 615 g/mol. The highest BCUT2D eigenvalue weighted by Crippen LogP contribution is 2.40. The third-order valence-electron chi connectivity index (χ3n) is 9.33. The molecule has 0 radical (unpaired) electrons. The molecule has 1 saturated heterocycles. The summed E-state index contributed by atoms with van der Waals surface area (Å²) < 4.78 is 17.5. The minimum atomic E-state index is 0.176.